The Kier molecular flexibility index (Phi) is 4.03. The molecule has 3 heteroatoms. The number of pyridine rings is 1. The first-order valence-electron chi connectivity index (χ1n) is 5.68. The summed E-state index contributed by atoms with van der Waals surface area (Å²) in [5, 5.41) is 0.592. The molecule has 2 nitrogen and oxygen atoms in total. The normalized spacial score (nSPS) is 27.3. The number of hydrogen-bond donors (Lipinski definition) is 1. The van der Waals surface area contributed by atoms with Crippen LogP contribution in [0.1, 0.15) is 32.1 Å². The lowest BCUT2D eigenvalue weighted by molar-refractivity contribution is 0.596. The Hall–Kier alpha value is -0.540. The summed E-state index contributed by atoms with van der Waals surface area (Å²) in [5.74, 6) is 0. The molecule has 1 aliphatic rings. The van der Waals surface area contributed by atoms with Gasteiger partial charge in [0.2, 0.25) is 0 Å². The molecule has 2 rings (SSSR count). The van der Waals surface area contributed by atoms with Gasteiger partial charge in [-0.1, -0.05) is 19.3 Å². The van der Waals surface area contributed by atoms with Crippen molar-refractivity contribution in [3.8, 4) is 0 Å². The van der Waals surface area contributed by atoms with E-state index in [4.69, 9.17) is 5.73 Å². The third-order valence-electron chi connectivity index (χ3n) is 2.94. The molecular formula is C12H18N2S. The van der Waals surface area contributed by atoms with Crippen molar-refractivity contribution >= 4 is 11.8 Å². The predicted molar refractivity (Wildman–Crippen MR) is 64.9 cm³/mol. The first-order valence-corrected chi connectivity index (χ1v) is 6.56. The number of thioether (sulfide) groups is 1. The highest BCUT2D eigenvalue weighted by Gasteiger charge is 2.20. The van der Waals surface area contributed by atoms with Gasteiger partial charge >= 0.3 is 0 Å². The molecule has 1 aliphatic carbocycles. The molecular weight excluding hydrogens is 204 g/mol. The lowest BCUT2D eigenvalue weighted by Crippen LogP contribution is -2.31. The number of nitrogens with two attached hydrogens (primary N) is 1. The zero-order valence-corrected chi connectivity index (χ0v) is 9.75. The van der Waals surface area contributed by atoms with E-state index in [0.717, 1.165) is 0 Å². The molecule has 2 N–H and O–H groups in total. The molecule has 0 bridgehead atoms. The second kappa shape index (κ2) is 5.52. The van der Waals surface area contributed by atoms with Crippen LogP contribution in [-0.2, 0) is 0 Å². The maximum Gasteiger partial charge on any atom is 0.0278 e. The molecule has 1 aromatic rings. The van der Waals surface area contributed by atoms with E-state index in [1.165, 1.54) is 37.0 Å². The van der Waals surface area contributed by atoms with E-state index in [2.05, 4.69) is 17.1 Å². The van der Waals surface area contributed by atoms with Crippen LogP contribution in [0.2, 0.25) is 0 Å². The van der Waals surface area contributed by atoms with E-state index < -0.39 is 0 Å². The van der Waals surface area contributed by atoms with Crippen molar-refractivity contribution in [3.05, 3.63) is 24.5 Å². The summed E-state index contributed by atoms with van der Waals surface area (Å²) in [4.78, 5) is 5.33. The highest BCUT2D eigenvalue weighted by Crippen LogP contribution is 2.31. The Bertz CT molecular complexity index is 289. The lowest BCUT2D eigenvalue weighted by Gasteiger charge is -2.20. The zero-order valence-electron chi connectivity index (χ0n) is 8.93. The van der Waals surface area contributed by atoms with Gasteiger partial charge in [-0.05, 0) is 25.0 Å². The van der Waals surface area contributed by atoms with Crippen molar-refractivity contribution < 1.29 is 0 Å². The molecule has 15 heavy (non-hydrogen) atoms. The topological polar surface area (TPSA) is 38.9 Å². The molecule has 1 aromatic heterocycles. The number of nitrogens with zero attached hydrogens (tertiary/aromatic N) is 1. The second-order valence-corrected chi connectivity index (χ2v) is 5.45. The average molecular weight is 222 g/mol. The first kappa shape index (κ1) is 11.0. The average Bonchev–Trinajstić information content (AvgIpc) is 2.46. The van der Waals surface area contributed by atoms with Gasteiger partial charge in [-0.25, -0.2) is 0 Å². The van der Waals surface area contributed by atoms with Crippen LogP contribution in [0.25, 0.3) is 0 Å². The van der Waals surface area contributed by atoms with Crippen molar-refractivity contribution in [1.82, 2.24) is 4.98 Å². The summed E-state index contributed by atoms with van der Waals surface area (Å²) in [7, 11) is 0. The van der Waals surface area contributed by atoms with Gasteiger partial charge in [-0.2, -0.15) is 0 Å². The van der Waals surface area contributed by atoms with E-state index in [0.29, 0.717) is 11.3 Å². The zero-order chi connectivity index (χ0) is 10.5. The van der Waals surface area contributed by atoms with Gasteiger partial charge in [0.1, 0.15) is 0 Å². The molecule has 1 saturated carbocycles. The van der Waals surface area contributed by atoms with Crippen molar-refractivity contribution in [2.24, 2.45) is 5.73 Å². The minimum absolute atomic E-state index is 0.366. The number of hydrogen-bond acceptors (Lipinski definition) is 3. The van der Waals surface area contributed by atoms with Crippen LogP contribution in [0.3, 0.4) is 0 Å². The standard InChI is InChI=1S/C12H18N2S/c13-11-4-2-1-3-5-12(11)15-10-6-8-14-9-7-10/h6-9,11-12H,1-5,13H2. The van der Waals surface area contributed by atoms with Crippen LogP contribution in [0.4, 0.5) is 0 Å². The summed E-state index contributed by atoms with van der Waals surface area (Å²) >= 11 is 1.92. The van der Waals surface area contributed by atoms with Gasteiger partial charge in [-0.15, -0.1) is 11.8 Å². The minimum Gasteiger partial charge on any atom is -0.327 e. The van der Waals surface area contributed by atoms with E-state index in [1.54, 1.807) is 0 Å². The quantitative estimate of drug-likeness (QED) is 0.782. The lowest BCUT2D eigenvalue weighted by atomic mass is 10.1. The predicted octanol–water partition coefficient (Wildman–Crippen LogP) is 2.83. The summed E-state index contributed by atoms with van der Waals surface area (Å²) in [6.45, 7) is 0. The third-order valence-corrected chi connectivity index (χ3v) is 4.37. The Morgan fingerprint density at radius 1 is 1.13 bits per heavy atom. The Labute approximate surface area is 95.7 Å². The highest BCUT2D eigenvalue weighted by atomic mass is 32.2. The highest BCUT2D eigenvalue weighted by molar-refractivity contribution is 8.00. The molecule has 0 saturated heterocycles. The van der Waals surface area contributed by atoms with Crippen LogP contribution in [0.5, 0.6) is 0 Å². The largest absolute Gasteiger partial charge is 0.327 e. The minimum atomic E-state index is 0.366. The SMILES string of the molecule is NC1CCCCCC1Sc1ccncc1. The molecule has 82 valence electrons. The first-order chi connectivity index (χ1) is 7.36. The number of rotatable bonds is 2. The second-order valence-electron chi connectivity index (χ2n) is 4.14. The fourth-order valence-corrected chi connectivity index (χ4v) is 3.26. The van der Waals surface area contributed by atoms with Gasteiger partial charge in [0.15, 0.2) is 0 Å². The van der Waals surface area contributed by atoms with Crippen molar-refractivity contribution in [3.63, 3.8) is 0 Å². The van der Waals surface area contributed by atoms with Gasteiger partial charge < -0.3 is 5.73 Å². The van der Waals surface area contributed by atoms with E-state index >= 15 is 0 Å². The summed E-state index contributed by atoms with van der Waals surface area (Å²) in [5.41, 5.74) is 6.19. The van der Waals surface area contributed by atoms with Crippen LogP contribution >= 0.6 is 11.8 Å². The maximum atomic E-state index is 6.19. The molecule has 0 radical (unpaired) electrons. The van der Waals surface area contributed by atoms with Gasteiger partial charge in [-0.3, -0.25) is 4.98 Å². The van der Waals surface area contributed by atoms with Crippen LogP contribution in [0.15, 0.2) is 29.4 Å². The van der Waals surface area contributed by atoms with Crippen LogP contribution in [-0.4, -0.2) is 16.3 Å². The molecule has 0 aliphatic heterocycles. The smallest absolute Gasteiger partial charge is 0.0278 e. The van der Waals surface area contributed by atoms with Crippen molar-refractivity contribution in [1.29, 1.82) is 0 Å². The monoisotopic (exact) mass is 222 g/mol. The fourth-order valence-electron chi connectivity index (χ4n) is 2.04. The molecule has 0 amide bonds. The molecule has 2 unspecified atom stereocenters. The van der Waals surface area contributed by atoms with Gasteiger partial charge in [0.25, 0.3) is 0 Å². The Morgan fingerprint density at radius 2 is 1.87 bits per heavy atom. The molecule has 0 aromatic carbocycles. The molecule has 1 heterocycles. The summed E-state index contributed by atoms with van der Waals surface area (Å²) in [6, 6.07) is 4.51. The van der Waals surface area contributed by atoms with Crippen molar-refractivity contribution in [2.75, 3.05) is 0 Å². The van der Waals surface area contributed by atoms with E-state index in [1.807, 2.05) is 24.2 Å². The fraction of sp³-hybridized carbons (Fsp3) is 0.583. The Balaban J connectivity index is 1.97. The third kappa shape index (κ3) is 3.21. The van der Waals surface area contributed by atoms with Crippen molar-refractivity contribution in [2.45, 2.75) is 48.3 Å². The Morgan fingerprint density at radius 3 is 2.67 bits per heavy atom. The van der Waals surface area contributed by atoms with Crippen LogP contribution < -0.4 is 5.73 Å². The van der Waals surface area contributed by atoms with Gasteiger partial charge in [0.05, 0.1) is 0 Å². The molecule has 2 atom stereocenters. The number of aromatic nitrogens is 1. The van der Waals surface area contributed by atoms with E-state index in [-0.39, 0.29) is 0 Å². The van der Waals surface area contributed by atoms with Crippen LogP contribution in [0, 0.1) is 0 Å². The maximum absolute atomic E-state index is 6.19. The van der Waals surface area contributed by atoms with Gasteiger partial charge in [0, 0.05) is 28.6 Å². The molecule has 0 spiro atoms. The summed E-state index contributed by atoms with van der Waals surface area (Å²) in [6.07, 6.45) is 10.1. The molecule has 1 fully saturated rings. The van der Waals surface area contributed by atoms with E-state index in [9.17, 15) is 0 Å². The summed E-state index contributed by atoms with van der Waals surface area (Å²) < 4.78 is 0.